The third kappa shape index (κ3) is 32.6. The van der Waals surface area contributed by atoms with Crippen LogP contribution in [0.2, 0.25) is 0 Å². The molecule has 0 saturated heterocycles. The smallest absolute Gasteiger partial charge is 0.306 e. The van der Waals surface area contributed by atoms with Crippen LogP contribution >= 0.6 is 7.82 Å². The molecule has 11 nitrogen and oxygen atoms in total. The Bertz CT molecular complexity index is 934. The van der Waals surface area contributed by atoms with E-state index in [2.05, 4.69) is 6.92 Å². The fourth-order valence-corrected chi connectivity index (χ4v) is 5.60. The second kappa shape index (κ2) is 30.0. The molecule has 0 aliphatic carbocycles. The second-order valence-corrected chi connectivity index (χ2v) is 15.0. The number of nitrogens with zero attached hydrogens (tertiary/aromatic N) is 1. The molecule has 0 fully saturated rings. The molecule has 1 unspecified atom stereocenters. The number of carbonyl (C=O) groups excluding carboxylic acids is 4. The lowest BCUT2D eigenvalue weighted by Crippen LogP contribution is -2.37. The molecule has 0 aliphatic rings. The van der Waals surface area contributed by atoms with E-state index in [0.29, 0.717) is 43.0 Å². The number of hydrogen-bond acceptors (Lipinski definition) is 10. The van der Waals surface area contributed by atoms with Gasteiger partial charge < -0.3 is 27.9 Å². The van der Waals surface area contributed by atoms with Crippen LogP contribution in [0.25, 0.3) is 0 Å². The SMILES string of the molecule is CCCCCCCCCCCCCCCC(=O)OC[C@H](COP(=O)([O-])OCC[N+](C)(C)C)OC(=O)CCCCCCCC(=O)/C=C/C=O. The Kier molecular flexibility index (Phi) is 28.8. The summed E-state index contributed by atoms with van der Waals surface area (Å²) in [5.41, 5.74) is 0. The van der Waals surface area contributed by atoms with Gasteiger partial charge in [0.2, 0.25) is 0 Å². The molecular weight excluding hydrogens is 637 g/mol. The van der Waals surface area contributed by atoms with Crippen LogP contribution in [0.3, 0.4) is 0 Å². The highest BCUT2D eigenvalue weighted by Gasteiger charge is 2.21. The van der Waals surface area contributed by atoms with Crippen molar-refractivity contribution in [1.82, 2.24) is 0 Å². The molecule has 0 bridgehead atoms. The Morgan fingerprint density at radius 3 is 1.67 bits per heavy atom. The number of rotatable bonds is 34. The van der Waals surface area contributed by atoms with E-state index in [0.717, 1.165) is 38.5 Å². The number of likely N-dealkylation sites (N-methyl/N-ethyl adjacent to an activating group) is 1. The monoisotopic (exact) mass is 703 g/mol. The van der Waals surface area contributed by atoms with Crippen molar-refractivity contribution in [1.29, 1.82) is 0 Å². The standard InChI is InChI=1S/C36H66NO10P/c1-5-6-7-8-9-10-11-12-13-14-15-18-21-26-35(40)44-31-34(32-46-48(42,43)45-30-28-37(2,3)4)47-36(41)27-22-19-16-17-20-24-33(39)25-23-29-38/h23,25,29,34H,5-22,24,26-28,30-32H2,1-4H3/b25-23+/t34-/m1/s1. The molecule has 0 aromatic heterocycles. The third-order valence-corrected chi connectivity index (χ3v) is 8.77. The van der Waals surface area contributed by atoms with E-state index in [4.69, 9.17) is 18.5 Å². The Morgan fingerprint density at radius 1 is 0.688 bits per heavy atom. The summed E-state index contributed by atoms with van der Waals surface area (Å²) in [5.74, 6) is -1.06. The summed E-state index contributed by atoms with van der Waals surface area (Å²) in [6.45, 7) is 1.79. The van der Waals surface area contributed by atoms with Gasteiger partial charge in [-0.05, 0) is 31.4 Å². The average Bonchev–Trinajstić information content (AvgIpc) is 3.02. The highest BCUT2D eigenvalue weighted by Crippen LogP contribution is 2.38. The highest BCUT2D eigenvalue weighted by molar-refractivity contribution is 7.45. The van der Waals surface area contributed by atoms with Crippen LogP contribution in [-0.2, 0) is 42.3 Å². The zero-order valence-electron chi connectivity index (χ0n) is 30.5. The zero-order valence-corrected chi connectivity index (χ0v) is 31.4. The predicted octanol–water partition coefficient (Wildman–Crippen LogP) is 7.19. The molecule has 0 rings (SSSR count). The van der Waals surface area contributed by atoms with E-state index in [9.17, 15) is 28.6 Å². The summed E-state index contributed by atoms with van der Waals surface area (Å²) in [5, 5.41) is 0. The van der Waals surface area contributed by atoms with Crippen LogP contribution in [0.4, 0.5) is 0 Å². The number of unbranched alkanes of at least 4 members (excludes halogenated alkanes) is 16. The van der Waals surface area contributed by atoms with Crippen molar-refractivity contribution < 1.29 is 51.6 Å². The Labute approximate surface area is 290 Å². The number of allylic oxidation sites excluding steroid dienone is 2. The minimum atomic E-state index is -4.66. The Balaban J connectivity index is 4.47. The van der Waals surface area contributed by atoms with Crippen LogP contribution in [0.1, 0.15) is 142 Å². The van der Waals surface area contributed by atoms with E-state index in [1.54, 1.807) is 0 Å². The molecule has 48 heavy (non-hydrogen) atoms. The van der Waals surface area contributed by atoms with Gasteiger partial charge in [-0.25, -0.2) is 0 Å². The van der Waals surface area contributed by atoms with Crippen LogP contribution in [0.15, 0.2) is 12.2 Å². The number of aldehydes is 1. The van der Waals surface area contributed by atoms with Gasteiger partial charge in [-0.15, -0.1) is 0 Å². The topological polar surface area (TPSA) is 145 Å². The molecular formula is C36H66NO10P. The molecule has 0 radical (unpaired) electrons. The number of hydrogen-bond donors (Lipinski definition) is 0. The first kappa shape index (κ1) is 46.1. The summed E-state index contributed by atoms with van der Waals surface area (Å²) < 4.78 is 33.5. The Hall–Kier alpha value is -1.91. The van der Waals surface area contributed by atoms with Crippen molar-refractivity contribution in [2.75, 3.05) is 47.5 Å². The van der Waals surface area contributed by atoms with Crippen molar-refractivity contribution in [2.24, 2.45) is 0 Å². The highest BCUT2D eigenvalue weighted by atomic mass is 31.2. The maximum absolute atomic E-state index is 12.5. The second-order valence-electron chi connectivity index (χ2n) is 13.6. The number of carbonyl (C=O) groups is 4. The Morgan fingerprint density at radius 2 is 1.17 bits per heavy atom. The van der Waals surface area contributed by atoms with Gasteiger partial charge in [-0.3, -0.25) is 23.7 Å². The quantitative estimate of drug-likeness (QED) is 0.0169. The van der Waals surface area contributed by atoms with E-state index < -0.39 is 32.5 Å². The molecule has 0 aromatic carbocycles. The number of ether oxygens (including phenoxy) is 2. The lowest BCUT2D eigenvalue weighted by molar-refractivity contribution is -0.870. The molecule has 0 aromatic rings. The summed E-state index contributed by atoms with van der Waals surface area (Å²) in [7, 11) is 1.05. The molecule has 12 heteroatoms. The molecule has 0 heterocycles. The van der Waals surface area contributed by atoms with Gasteiger partial charge in [0, 0.05) is 19.3 Å². The lowest BCUT2D eigenvalue weighted by Gasteiger charge is -2.28. The molecule has 0 N–H and O–H groups in total. The molecule has 0 saturated carbocycles. The first-order valence-electron chi connectivity index (χ1n) is 18.3. The number of ketones is 1. The fourth-order valence-electron chi connectivity index (χ4n) is 4.87. The summed E-state index contributed by atoms with van der Waals surface area (Å²) in [4.78, 5) is 59.0. The minimum Gasteiger partial charge on any atom is -0.756 e. The molecule has 2 atom stereocenters. The van der Waals surface area contributed by atoms with Crippen LogP contribution < -0.4 is 4.89 Å². The molecule has 0 amide bonds. The maximum Gasteiger partial charge on any atom is 0.306 e. The van der Waals surface area contributed by atoms with Crippen molar-refractivity contribution in [3.8, 4) is 0 Å². The van der Waals surface area contributed by atoms with Gasteiger partial charge in [0.1, 0.15) is 26.0 Å². The van der Waals surface area contributed by atoms with Crippen molar-refractivity contribution >= 4 is 31.8 Å². The molecule has 0 aliphatic heterocycles. The van der Waals surface area contributed by atoms with Crippen molar-refractivity contribution in [2.45, 2.75) is 148 Å². The van der Waals surface area contributed by atoms with Gasteiger partial charge in [-0.2, -0.15) is 0 Å². The normalized spacial score (nSPS) is 13.7. The van der Waals surface area contributed by atoms with E-state index in [1.165, 1.54) is 69.9 Å². The van der Waals surface area contributed by atoms with E-state index in [-0.39, 0.29) is 31.8 Å². The number of phosphoric acid groups is 1. The lowest BCUT2D eigenvalue weighted by atomic mass is 10.0. The van der Waals surface area contributed by atoms with Gasteiger partial charge in [0.05, 0.1) is 27.7 Å². The first-order chi connectivity index (χ1) is 22.9. The fraction of sp³-hybridized carbons (Fsp3) is 0.833. The predicted molar refractivity (Wildman–Crippen MR) is 186 cm³/mol. The largest absolute Gasteiger partial charge is 0.756 e. The van der Waals surface area contributed by atoms with E-state index in [1.807, 2.05) is 21.1 Å². The summed E-state index contributed by atoms with van der Waals surface area (Å²) in [6.07, 6.45) is 21.9. The first-order valence-corrected chi connectivity index (χ1v) is 19.7. The van der Waals surface area contributed by atoms with Gasteiger partial charge in [0.25, 0.3) is 7.82 Å². The van der Waals surface area contributed by atoms with Crippen LogP contribution in [0.5, 0.6) is 0 Å². The average molecular weight is 704 g/mol. The van der Waals surface area contributed by atoms with Gasteiger partial charge in [0.15, 0.2) is 11.9 Å². The third-order valence-electron chi connectivity index (χ3n) is 7.81. The minimum absolute atomic E-state index is 0.0630. The van der Waals surface area contributed by atoms with E-state index >= 15 is 0 Å². The summed E-state index contributed by atoms with van der Waals surface area (Å²) in [6, 6.07) is 0. The molecule has 280 valence electrons. The van der Waals surface area contributed by atoms with Crippen LogP contribution in [-0.4, -0.2) is 82.1 Å². The summed E-state index contributed by atoms with van der Waals surface area (Å²) >= 11 is 0. The van der Waals surface area contributed by atoms with Gasteiger partial charge in [-0.1, -0.05) is 103 Å². The van der Waals surface area contributed by atoms with Gasteiger partial charge >= 0.3 is 11.9 Å². The maximum atomic E-state index is 12.5. The molecule has 0 spiro atoms. The van der Waals surface area contributed by atoms with Crippen molar-refractivity contribution in [3.63, 3.8) is 0 Å². The van der Waals surface area contributed by atoms with Crippen LogP contribution in [0, 0.1) is 0 Å². The zero-order chi connectivity index (χ0) is 35.9. The number of phosphoric ester groups is 1. The van der Waals surface area contributed by atoms with Crippen molar-refractivity contribution in [3.05, 3.63) is 12.2 Å². The number of quaternary nitrogens is 1. The number of esters is 2.